The Balaban J connectivity index is 0.00000220. The summed E-state index contributed by atoms with van der Waals surface area (Å²) in [5, 5.41) is 13.0. The molecule has 0 radical (unpaired) electrons. The van der Waals surface area contributed by atoms with Crippen molar-refractivity contribution in [1.29, 1.82) is 0 Å². The van der Waals surface area contributed by atoms with Crippen molar-refractivity contribution in [3.05, 3.63) is 23.8 Å². The molecule has 0 aliphatic carbocycles. The maximum atomic E-state index is 13.4. The number of nitrogens with one attached hydrogen (secondary N) is 1. The number of rotatable bonds is 3. The molecule has 1 aromatic rings. The van der Waals surface area contributed by atoms with Gasteiger partial charge in [0.15, 0.2) is 11.5 Å². The molecule has 2 rings (SSSR count). The van der Waals surface area contributed by atoms with Gasteiger partial charge in [-0.15, -0.1) is 12.4 Å². The van der Waals surface area contributed by atoms with E-state index in [0.29, 0.717) is 13.1 Å². The molecule has 1 saturated heterocycles. The Hall–Kier alpha value is -1.18. The highest BCUT2D eigenvalue weighted by Crippen LogP contribution is 2.44. The number of phenolic OH excluding ortho intramolecular Hbond substituents is 1. The highest BCUT2D eigenvalue weighted by atomic mass is 35.5. The first kappa shape index (κ1) is 17.9. The number of ether oxygens (including phenoxy) is 1. The Morgan fingerprint density at radius 1 is 1.29 bits per heavy atom. The number of phenols is 1. The first-order valence-electron chi connectivity index (χ1n) is 6.32. The third-order valence-corrected chi connectivity index (χ3v) is 3.37. The van der Waals surface area contributed by atoms with Gasteiger partial charge in [-0.1, -0.05) is 12.1 Å². The monoisotopic (exact) mass is 326 g/mol. The quantitative estimate of drug-likeness (QED) is 0.895. The number of nitrogens with zero attached hydrogens (tertiary/aromatic N) is 1. The van der Waals surface area contributed by atoms with Crippen molar-refractivity contribution in [3.8, 4) is 11.5 Å². The van der Waals surface area contributed by atoms with Crippen LogP contribution in [0.5, 0.6) is 11.5 Å². The Labute approximate surface area is 127 Å². The van der Waals surface area contributed by atoms with Gasteiger partial charge in [0.2, 0.25) is 0 Å². The third-order valence-electron chi connectivity index (χ3n) is 3.37. The van der Waals surface area contributed by atoms with Gasteiger partial charge in [0.25, 0.3) is 0 Å². The standard InChI is InChI=1S/C13H17F3N2O2.ClH/c1-20-10-4-2-3-9(11(10)19)12(13(14,15)16)18-7-5-17-6-8-18;/h2-4,12,17,19H,5-8H2,1H3;1H/t12-;/m0./s1. The largest absolute Gasteiger partial charge is 0.504 e. The number of hydrogen-bond donors (Lipinski definition) is 2. The Kier molecular flexibility index (Phi) is 6.12. The van der Waals surface area contributed by atoms with Crippen molar-refractivity contribution in [1.82, 2.24) is 10.2 Å². The topological polar surface area (TPSA) is 44.7 Å². The zero-order valence-corrected chi connectivity index (χ0v) is 12.3. The van der Waals surface area contributed by atoms with E-state index in [1.54, 1.807) is 0 Å². The van der Waals surface area contributed by atoms with Gasteiger partial charge in [-0.3, -0.25) is 4.90 Å². The van der Waals surface area contributed by atoms with Crippen LogP contribution in [-0.4, -0.2) is 49.5 Å². The molecule has 2 N–H and O–H groups in total. The van der Waals surface area contributed by atoms with E-state index in [1.165, 1.54) is 30.2 Å². The van der Waals surface area contributed by atoms with Crippen molar-refractivity contribution in [3.63, 3.8) is 0 Å². The van der Waals surface area contributed by atoms with E-state index >= 15 is 0 Å². The van der Waals surface area contributed by atoms with Gasteiger partial charge in [-0.2, -0.15) is 13.2 Å². The molecular weight excluding hydrogens is 309 g/mol. The van der Waals surface area contributed by atoms with E-state index in [-0.39, 0.29) is 36.8 Å². The van der Waals surface area contributed by atoms with E-state index in [2.05, 4.69) is 5.32 Å². The van der Waals surface area contributed by atoms with Gasteiger partial charge in [0.1, 0.15) is 6.04 Å². The van der Waals surface area contributed by atoms with Crippen LogP contribution >= 0.6 is 12.4 Å². The number of para-hydroxylation sites is 1. The molecule has 1 fully saturated rings. The van der Waals surface area contributed by atoms with E-state index < -0.39 is 18.0 Å². The fourth-order valence-corrected chi connectivity index (χ4v) is 2.45. The van der Waals surface area contributed by atoms with Crippen LogP contribution in [-0.2, 0) is 0 Å². The molecule has 0 unspecified atom stereocenters. The maximum Gasteiger partial charge on any atom is 0.408 e. The van der Waals surface area contributed by atoms with Crippen molar-refractivity contribution in [2.75, 3.05) is 33.3 Å². The molecule has 1 aliphatic heterocycles. The number of benzene rings is 1. The number of alkyl halides is 3. The summed E-state index contributed by atoms with van der Waals surface area (Å²) < 4.78 is 45.1. The summed E-state index contributed by atoms with van der Waals surface area (Å²) >= 11 is 0. The lowest BCUT2D eigenvalue weighted by Gasteiger charge is -2.36. The van der Waals surface area contributed by atoms with Crippen LogP contribution in [0.15, 0.2) is 18.2 Å². The zero-order valence-electron chi connectivity index (χ0n) is 11.5. The van der Waals surface area contributed by atoms with Crippen LogP contribution in [0.2, 0.25) is 0 Å². The van der Waals surface area contributed by atoms with Gasteiger partial charge in [0.05, 0.1) is 7.11 Å². The van der Waals surface area contributed by atoms with Crippen LogP contribution in [0, 0.1) is 0 Å². The molecule has 0 spiro atoms. The number of aromatic hydroxyl groups is 1. The molecule has 1 aliphatic rings. The average molecular weight is 327 g/mol. The molecular formula is C13H18ClF3N2O2. The first-order chi connectivity index (χ1) is 9.45. The molecule has 0 aromatic heterocycles. The average Bonchev–Trinajstić information content (AvgIpc) is 2.41. The van der Waals surface area contributed by atoms with Crippen LogP contribution < -0.4 is 10.1 Å². The second-order valence-corrected chi connectivity index (χ2v) is 4.63. The smallest absolute Gasteiger partial charge is 0.408 e. The fraction of sp³-hybridized carbons (Fsp3) is 0.538. The highest BCUT2D eigenvalue weighted by molar-refractivity contribution is 5.85. The Morgan fingerprint density at radius 3 is 2.43 bits per heavy atom. The van der Waals surface area contributed by atoms with Crippen LogP contribution in [0.1, 0.15) is 11.6 Å². The third kappa shape index (κ3) is 3.93. The predicted molar refractivity (Wildman–Crippen MR) is 75.1 cm³/mol. The first-order valence-corrected chi connectivity index (χ1v) is 6.32. The second-order valence-electron chi connectivity index (χ2n) is 4.63. The van der Waals surface area contributed by atoms with E-state index in [4.69, 9.17) is 4.74 Å². The Bertz CT molecular complexity index is 465. The van der Waals surface area contributed by atoms with Gasteiger partial charge in [-0.25, -0.2) is 0 Å². The Morgan fingerprint density at radius 2 is 1.90 bits per heavy atom. The minimum absolute atomic E-state index is 0. The van der Waals surface area contributed by atoms with Crippen LogP contribution in [0.3, 0.4) is 0 Å². The molecule has 8 heteroatoms. The summed E-state index contributed by atoms with van der Waals surface area (Å²) in [6, 6.07) is 2.36. The summed E-state index contributed by atoms with van der Waals surface area (Å²) in [4.78, 5) is 1.32. The molecule has 0 saturated carbocycles. The summed E-state index contributed by atoms with van der Waals surface area (Å²) in [6.07, 6.45) is -4.46. The van der Waals surface area contributed by atoms with E-state index in [1.807, 2.05) is 0 Å². The molecule has 0 bridgehead atoms. The SMILES string of the molecule is COc1cccc([C@H](N2CCNCC2)C(F)(F)F)c1O.Cl. The number of piperazine rings is 1. The van der Waals surface area contributed by atoms with Crippen molar-refractivity contribution in [2.24, 2.45) is 0 Å². The lowest BCUT2D eigenvalue weighted by molar-refractivity contribution is -0.188. The molecule has 1 heterocycles. The molecule has 4 nitrogen and oxygen atoms in total. The van der Waals surface area contributed by atoms with Crippen LogP contribution in [0.25, 0.3) is 0 Å². The summed E-state index contributed by atoms with van der Waals surface area (Å²) in [5.41, 5.74) is -0.168. The van der Waals surface area contributed by atoms with Gasteiger partial charge in [-0.05, 0) is 6.07 Å². The maximum absolute atomic E-state index is 13.4. The fourth-order valence-electron chi connectivity index (χ4n) is 2.45. The lowest BCUT2D eigenvalue weighted by atomic mass is 10.0. The van der Waals surface area contributed by atoms with E-state index in [9.17, 15) is 18.3 Å². The molecule has 1 atom stereocenters. The zero-order chi connectivity index (χ0) is 14.8. The van der Waals surface area contributed by atoms with Gasteiger partial charge < -0.3 is 15.2 Å². The van der Waals surface area contributed by atoms with Crippen molar-refractivity contribution in [2.45, 2.75) is 12.2 Å². The van der Waals surface area contributed by atoms with Crippen molar-refractivity contribution < 1.29 is 23.0 Å². The molecule has 120 valence electrons. The van der Waals surface area contributed by atoms with Gasteiger partial charge in [0, 0.05) is 31.7 Å². The van der Waals surface area contributed by atoms with Crippen LogP contribution in [0.4, 0.5) is 13.2 Å². The molecule has 0 amide bonds. The predicted octanol–water partition coefficient (Wildman–Crippen LogP) is 2.33. The molecule has 1 aromatic carbocycles. The number of hydrogen-bond acceptors (Lipinski definition) is 4. The highest BCUT2D eigenvalue weighted by Gasteiger charge is 2.46. The summed E-state index contributed by atoms with van der Waals surface area (Å²) in [5.74, 6) is -0.400. The minimum atomic E-state index is -4.46. The summed E-state index contributed by atoms with van der Waals surface area (Å²) in [7, 11) is 1.31. The summed E-state index contributed by atoms with van der Waals surface area (Å²) in [6.45, 7) is 1.55. The normalized spacial score (nSPS) is 17.9. The van der Waals surface area contributed by atoms with E-state index in [0.717, 1.165) is 0 Å². The van der Waals surface area contributed by atoms with Crippen molar-refractivity contribution >= 4 is 12.4 Å². The molecule has 21 heavy (non-hydrogen) atoms. The lowest BCUT2D eigenvalue weighted by Crippen LogP contribution is -2.49. The van der Waals surface area contributed by atoms with Gasteiger partial charge >= 0.3 is 6.18 Å². The second kappa shape index (κ2) is 7.20. The minimum Gasteiger partial charge on any atom is -0.504 e. The number of halogens is 4. The number of methoxy groups -OCH3 is 1.